The Labute approximate surface area is 407 Å². The van der Waals surface area contributed by atoms with Crippen molar-refractivity contribution >= 4 is 94.2 Å². The number of benzene rings is 11. The lowest BCUT2D eigenvalue weighted by atomic mass is 10.1. The molecule has 70 heavy (non-hydrogen) atoms. The van der Waals surface area contributed by atoms with Crippen LogP contribution in [0.5, 0.6) is 0 Å². The molecular weight excluding hydrogens is 863 g/mol. The van der Waals surface area contributed by atoms with Crippen LogP contribution in [0.4, 0.5) is 0 Å². The maximum atomic E-state index is 2.61. The third-order valence-electron chi connectivity index (χ3n) is 14.8. The van der Waals surface area contributed by atoms with Gasteiger partial charge in [0.1, 0.15) is 0 Å². The lowest BCUT2D eigenvalue weighted by molar-refractivity contribution is 1.13. The second-order valence-electron chi connectivity index (χ2n) is 18.4. The van der Waals surface area contributed by atoms with Crippen molar-refractivity contribution in [1.82, 2.24) is 13.7 Å². The van der Waals surface area contributed by atoms with Crippen LogP contribution in [0.1, 0.15) is 0 Å². The normalized spacial score (nSPS) is 12.0. The van der Waals surface area contributed by atoms with Crippen LogP contribution in [0.15, 0.2) is 273 Å². The lowest BCUT2D eigenvalue weighted by Crippen LogP contribution is -2.75. The van der Waals surface area contributed by atoms with Gasteiger partial charge in [-0.2, -0.15) is 0 Å². The molecule has 0 amide bonds. The monoisotopic (exact) mass is 907 g/mol. The number of para-hydroxylation sites is 5. The molecule has 3 aromatic heterocycles. The van der Waals surface area contributed by atoms with Crippen LogP contribution < -0.4 is 20.7 Å². The van der Waals surface area contributed by atoms with E-state index < -0.39 is 8.07 Å². The highest BCUT2D eigenvalue weighted by molar-refractivity contribution is 7.20. The van der Waals surface area contributed by atoms with Gasteiger partial charge in [-0.15, -0.1) is 0 Å². The third kappa shape index (κ3) is 5.94. The number of fused-ring (bicyclic) bond motifs is 9. The van der Waals surface area contributed by atoms with Gasteiger partial charge in [0.15, 0.2) is 8.07 Å². The van der Waals surface area contributed by atoms with E-state index in [2.05, 4.69) is 287 Å². The Morgan fingerprint density at radius 1 is 0.243 bits per heavy atom. The summed E-state index contributed by atoms with van der Waals surface area (Å²) in [4.78, 5) is 0. The highest BCUT2D eigenvalue weighted by Crippen LogP contribution is 2.42. The second-order valence-corrected chi connectivity index (χ2v) is 22.2. The Balaban J connectivity index is 1.14. The first-order chi connectivity index (χ1) is 34.8. The molecule has 3 nitrogen and oxygen atoms in total. The van der Waals surface area contributed by atoms with E-state index in [1.54, 1.807) is 0 Å². The molecule has 0 N–H and O–H groups in total. The van der Waals surface area contributed by atoms with Gasteiger partial charge in [0.05, 0.1) is 38.8 Å². The maximum absolute atomic E-state index is 3.03. The predicted molar refractivity (Wildman–Crippen MR) is 299 cm³/mol. The molecule has 0 atom stereocenters. The minimum Gasteiger partial charge on any atom is -0.309 e. The van der Waals surface area contributed by atoms with Crippen molar-refractivity contribution in [3.8, 4) is 28.2 Å². The lowest BCUT2D eigenvalue weighted by Gasteiger charge is -2.35. The summed E-state index contributed by atoms with van der Waals surface area (Å²) in [5.74, 6) is 0. The summed E-state index contributed by atoms with van der Waals surface area (Å²) in [6, 6.07) is 102. The Morgan fingerprint density at radius 2 is 0.671 bits per heavy atom. The van der Waals surface area contributed by atoms with Gasteiger partial charge in [0.25, 0.3) is 0 Å². The van der Waals surface area contributed by atoms with Crippen LogP contribution in [0, 0.1) is 0 Å². The van der Waals surface area contributed by atoms with E-state index in [4.69, 9.17) is 0 Å². The Hall–Kier alpha value is -8.96. The highest BCUT2D eigenvalue weighted by atomic mass is 28.3. The number of nitrogens with zero attached hydrogens (tertiary/aromatic N) is 3. The molecule has 11 aromatic carbocycles. The van der Waals surface area contributed by atoms with Gasteiger partial charge >= 0.3 is 0 Å². The molecular formula is C66H45N3Si. The maximum Gasteiger partial charge on any atom is 0.181 e. The summed E-state index contributed by atoms with van der Waals surface area (Å²) in [5, 5.41) is 12.8. The van der Waals surface area contributed by atoms with Crippen molar-refractivity contribution < 1.29 is 0 Å². The number of rotatable bonds is 8. The molecule has 0 radical (unpaired) electrons. The highest BCUT2D eigenvalue weighted by Gasteiger charge is 2.43. The fourth-order valence-corrected chi connectivity index (χ4v) is 16.8. The smallest absolute Gasteiger partial charge is 0.181 e. The van der Waals surface area contributed by atoms with E-state index in [0.717, 1.165) is 28.1 Å². The number of hydrogen-bond acceptors (Lipinski definition) is 0. The van der Waals surface area contributed by atoms with Gasteiger partial charge in [-0.25, -0.2) is 0 Å². The van der Waals surface area contributed by atoms with E-state index in [1.807, 2.05) is 0 Å². The molecule has 0 bridgehead atoms. The van der Waals surface area contributed by atoms with E-state index >= 15 is 0 Å². The van der Waals surface area contributed by atoms with Gasteiger partial charge in [-0.05, 0) is 86.5 Å². The summed E-state index contributed by atoms with van der Waals surface area (Å²) < 4.78 is 7.58. The fourth-order valence-electron chi connectivity index (χ4n) is 11.9. The van der Waals surface area contributed by atoms with Crippen molar-refractivity contribution in [2.24, 2.45) is 0 Å². The topological polar surface area (TPSA) is 14.8 Å². The molecule has 328 valence electrons. The first kappa shape index (κ1) is 40.1. The van der Waals surface area contributed by atoms with Crippen LogP contribution in [0.3, 0.4) is 0 Å². The van der Waals surface area contributed by atoms with Crippen molar-refractivity contribution in [2.75, 3.05) is 0 Å². The minimum absolute atomic E-state index is 1.11. The first-order valence-corrected chi connectivity index (χ1v) is 26.2. The molecule has 0 unspecified atom stereocenters. The fraction of sp³-hybridized carbons (Fsp3) is 0. The summed E-state index contributed by atoms with van der Waals surface area (Å²) >= 11 is 0. The molecule has 0 saturated carbocycles. The third-order valence-corrected chi connectivity index (χ3v) is 19.6. The van der Waals surface area contributed by atoms with E-state index in [1.165, 1.54) is 86.3 Å². The molecule has 4 heteroatoms. The van der Waals surface area contributed by atoms with Crippen LogP contribution in [-0.4, -0.2) is 21.8 Å². The molecule has 14 aromatic rings. The summed E-state index contributed by atoms with van der Waals surface area (Å²) in [6.45, 7) is 0. The molecule has 0 aliphatic heterocycles. The molecule has 0 aliphatic rings. The van der Waals surface area contributed by atoms with E-state index in [0.29, 0.717) is 0 Å². The minimum atomic E-state index is -3.03. The average Bonchev–Trinajstić information content (AvgIpc) is 4.08. The van der Waals surface area contributed by atoms with Crippen molar-refractivity contribution in [2.45, 2.75) is 0 Å². The molecule has 14 rings (SSSR count). The van der Waals surface area contributed by atoms with Crippen LogP contribution >= 0.6 is 0 Å². The first-order valence-electron chi connectivity index (χ1n) is 24.2. The van der Waals surface area contributed by atoms with Crippen molar-refractivity contribution in [1.29, 1.82) is 0 Å². The molecule has 0 spiro atoms. The van der Waals surface area contributed by atoms with Crippen molar-refractivity contribution in [3.63, 3.8) is 0 Å². The van der Waals surface area contributed by atoms with Gasteiger partial charge < -0.3 is 13.7 Å². The SMILES string of the molecule is c1ccc(-c2cccc(-n3c4ccc(-n5c6ccccc6c6ccccc65)cc4c4cccc(-n5c6ccccc6c6cccc([Si](c7ccccc7)(c7ccccc7)c7ccccc7)c65)c43)c2)cc1. The van der Waals surface area contributed by atoms with Crippen LogP contribution in [0.2, 0.25) is 0 Å². The van der Waals surface area contributed by atoms with E-state index in [9.17, 15) is 0 Å². The second kappa shape index (κ2) is 16.1. The predicted octanol–water partition coefficient (Wildman–Crippen LogP) is 14.0. The average molecular weight is 908 g/mol. The van der Waals surface area contributed by atoms with Gasteiger partial charge in [0.2, 0.25) is 0 Å². The van der Waals surface area contributed by atoms with Crippen LogP contribution in [0.25, 0.3) is 93.6 Å². The molecule has 0 aliphatic carbocycles. The Kier molecular flexibility index (Phi) is 9.23. The standard InChI is InChI=1S/C66H45N3Si/c1-5-22-46(23-6-1)47-24-19-25-48(44-47)68-62-43-42-49(67-59-37-16-13-32-53(59)54-33-14-17-38-60(54)67)45-58(62)57-35-20-40-63(65(57)68)69-61-39-18-15-34-55(61)56-36-21-41-64(66(56)69)70(50-26-7-2-8-27-50,51-28-9-3-10-29-51)52-30-11-4-12-31-52/h1-45H. The quantitative estimate of drug-likeness (QED) is 0.107. The zero-order valence-electron chi connectivity index (χ0n) is 38.3. The zero-order valence-corrected chi connectivity index (χ0v) is 39.3. The zero-order chi connectivity index (χ0) is 46.2. The Morgan fingerprint density at radius 3 is 1.27 bits per heavy atom. The summed E-state index contributed by atoms with van der Waals surface area (Å²) in [5.41, 5.74) is 12.9. The van der Waals surface area contributed by atoms with Gasteiger partial charge in [0, 0.05) is 43.7 Å². The Bertz CT molecular complexity index is 4130. The number of hydrogen-bond donors (Lipinski definition) is 0. The van der Waals surface area contributed by atoms with Crippen molar-refractivity contribution in [3.05, 3.63) is 273 Å². The van der Waals surface area contributed by atoms with Gasteiger partial charge in [-0.3, -0.25) is 0 Å². The molecule has 0 saturated heterocycles. The van der Waals surface area contributed by atoms with Gasteiger partial charge in [-0.1, -0.05) is 218 Å². The van der Waals surface area contributed by atoms with E-state index in [-0.39, 0.29) is 0 Å². The summed E-state index contributed by atoms with van der Waals surface area (Å²) in [7, 11) is -3.03. The summed E-state index contributed by atoms with van der Waals surface area (Å²) in [6.07, 6.45) is 0. The molecule has 3 heterocycles. The largest absolute Gasteiger partial charge is 0.309 e. The number of aromatic nitrogens is 3. The molecule has 0 fully saturated rings. The van der Waals surface area contributed by atoms with Crippen LogP contribution in [-0.2, 0) is 0 Å².